The topological polar surface area (TPSA) is 49.8 Å². The Morgan fingerprint density at radius 3 is 2.47 bits per heavy atom. The van der Waals surface area contributed by atoms with E-state index in [1.807, 2.05) is 48.5 Å². The molecule has 0 aliphatic rings. The quantitative estimate of drug-likeness (QED) is 0.689. The highest BCUT2D eigenvalue weighted by atomic mass is 16.3. The van der Waals surface area contributed by atoms with Gasteiger partial charge in [-0.2, -0.15) is 5.26 Å². The molecule has 0 radical (unpaired) electrons. The third-order valence-electron chi connectivity index (χ3n) is 2.86. The zero-order valence-electron chi connectivity index (χ0n) is 10.1. The molecule has 3 nitrogen and oxygen atoms in total. The van der Waals surface area contributed by atoms with E-state index in [-0.39, 0.29) is 0 Å². The summed E-state index contributed by atoms with van der Waals surface area (Å²) in [6.45, 7) is 0. The van der Waals surface area contributed by atoms with E-state index in [1.54, 1.807) is 12.3 Å². The van der Waals surface area contributed by atoms with Gasteiger partial charge in [0.2, 0.25) is 0 Å². The van der Waals surface area contributed by atoms with Gasteiger partial charge in [-0.1, -0.05) is 30.3 Å². The largest absolute Gasteiger partial charge is 0.463 e. The molecule has 0 atom stereocenters. The fourth-order valence-electron chi connectivity index (χ4n) is 1.96. The van der Waals surface area contributed by atoms with E-state index in [0.717, 1.165) is 11.1 Å². The minimum absolute atomic E-state index is 0.403. The highest BCUT2D eigenvalue weighted by Crippen LogP contribution is 2.25. The molecule has 0 saturated heterocycles. The van der Waals surface area contributed by atoms with E-state index in [0.29, 0.717) is 17.1 Å². The van der Waals surface area contributed by atoms with Crippen LogP contribution in [-0.2, 0) is 0 Å². The summed E-state index contributed by atoms with van der Waals surface area (Å²) in [7, 11) is 0. The van der Waals surface area contributed by atoms with Crippen molar-refractivity contribution in [2.75, 3.05) is 0 Å². The van der Waals surface area contributed by atoms with Gasteiger partial charge in [0.25, 0.3) is 0 Å². The molecule has 0 fully saturated rings. The van der Waals surface area contributed by atoms with Crippen molar-refractivity contribution in [3.8, 4) is 28.7 Å². The summed E-state index contributed by atoms with van der Waals surface area (Å²) in [6, 6.07) is 19.3. The van der Waals surface area contributed by atoms with Crippen LogP contribution in [0.2, 0.25) is 0 Å². The van der Waals surface area contributed by atoms with Crippen LogP contribution in [-0.4, -0.2) is 4.98 Å². The molecule has 0 unspecified atom stereocenters. The van der Waals surface area contributed by atoms with Crippen LogP contribution in [0, 0.1) is 11.3 Å². The minimum Gasteiger partial charge on any atom is -0.463 e. The Bertz CT molecular complexity index is 725. The molecule has 1 aromatic carbocycles. The number of nitrogens with zero attached hydrogens (tertiary/aromatic N) is 2. The normalized spacial score (nSPS) is 10.1. The van der Waals surface area contributed by atoms with E-state index in [9.17, 15) is 5.26 Å². The maximum absolute atomic E-state index is 9.26. The molecule has 19 heavy (non-hydrogen) atoms. The number of nitriles is 1. The zero-order chi connectivity index (χ0) is 13.1. The van der Waals surface area contributed by atoms with E-state index in [4.69, 9.17) is 4.42 Å². The van der Waals surface area contributed by atoms with Crippen LogP contribution in [0.5, 0.6) is 0 Å². The maximum Gasteiger partial charge on any atom is 0.152 e. The molecule has 0 spiro atoms. The molecule has 3 heteroatoms. The maximum atomic E-state index is 9.26. The van der Waals surface area contributed by atoms with Crippen molar-refractivity contribution in [2.45, 2.75) is 0 Å². The predicted octanol–water partition coefficient (Wildman–Crippen LogP) is 3.88. The van der Waals surface area contributed by atoms with Crippen LogP contribution in [0.4, 0.5) is 0 Å². The lowest BCUT2D eigenvalue weighted by Gasteiger charge is -2.05. The van der Waals surface area contributed by atoms with Gasteiger partial charge in [-0.15, -0.1) is 0 Å². The first-order valence-corrected chi connectivity index (χ1v) is 5.89. The van der Waals surface area contributed by atoms with Gasteiger partial charge in [0, 0.05) is 5.56 Å². The van der Waals surface area contributed by atoms with Gasteiger partial charge in [0.1, 0.15) is 17.5 Å². The van der Waals surface area contributed by atoms with Crippen molar-refractivity contribution < 1.29 is 4.42 Å². The third kappa shape index (κ3) is 2.12. The van der Waals surface area contributed by atoms with Gasteiger partial charge < -0.3 is 4.42 Å². The number of benzene rings is 1. The predicted molar refractivity (Wildman–Crippen MR) is 72.1 cm³/mol. The highest BCUT2D eigenvalue weighted by Gasteiger charge is 2.09. The number of rotatable bonds is 2. The summed E-state index contributed by atoms with van der Waals surface area (Å²) < 4.78 is 5.29. The molecular formula is C16H10N2O. The van der Waals surface area contributed by atoms with Crippen LogP contribution in [0.15, 0.2) is 65.3 Å². The first-order valence-electron chi connectivity index (χ1n) is 5.89. The van der Waals surface area contributed by atoms with Crippen molar-refractivity contribution >= 4 is 0 Å². The Labute approximate surface area is 110 Å². The van der Waals surface area contributed by atoms with Gasteiger partial charge in [0.05, 0.1) is 6.26 Å². The summed E-state index contributed by atoms with van der Waals surface area (Å²) in [4.78, 5) is 4.36. The second-order valence-corrected chi connectivity index (χ2v) is 4.05. The molecule has 2 heterocycles. The molecule has 0 amide bonds. The zero-order valence-corrected chi connectivity index (χ0v) is 10.1. The van der Waals surface area contributed by atoms with Gasteiger partial charge in [-0.25, -0.2) is 4.98 Å². The molecule has 0 N–H and O–H groups in total. The Morgan fingerprint density at radius 2 is 1.79 bits per heavy atom. The first-order chi connectivity index (χ1) is 9.38. The number of aromatic nitrogens is 1. The van der Waals surface area contributed by atoms with Crippen LogP contribution >= 0.6 is 0 Å². The molecule has 0 aliphatic carbocycles. The average molecular weight is 246 g/mol. The molecule has 0 aliphatic heterocycles. The standard InChI is InChI=1S/C16H10N2O/c17-11-15-13(12-5-2-1-3-6-12)8-9-14(18-15)16-7-4-10-19-16/h1-10H. The first kappa shape index (κ1) is 11.2. The van der Waals surface area contributed by atoms with Gasteiger partial charge >= 0.3 is 0 Å². The highest BCUT2D eigenvalue weighted by molar-refractivity contribution is 5.71. The lowest BCUT2D eigenvalue weighted by molar-refractivity contribution is 0.580. The van der Waals surface area contributed by atoms with Crippen molar-refractivity contribution in [3.63, 3.8) is 0 Å². The Balaban J connectivity index is 2.12. The minimum atomic E-state index is 0.403. The summed E-state index contributed by atoms with van der Waals surface area (Å²) in [5.41, 5.74) is 2.89. The second-order valence-electron chi connectivity index (χ2n) is 4.05. The number of furan rings is 1. The van der Waals surface area contributed by atoms with Crippen molar-refractivity contribution in [1.29, 1.82) is 5.26 Å². The molecule has 3 aromatic rings. The third-order valence-corrected chi connectivity index (χ3v) is 2.86. The second kappa shape index (κ2) is 4.79. The summed E-state index contributed by atoms with van der Waals surface area (Å²) >= 11 is 0. The van der Waals surface area contributed by atoms with Crippen molar-refractivity contribution in [2.24, 2.45) is 0 Å². The summed E-state index contributed by atoms with van der Waals surface area (Å²) in [5, 5.41) is 9.26. The summed E-state index contributed by atoms with van der Waals surface area (Å²) in [6.07, 6.45) is 1.59. The Kier molecular flexibility index (Phi) is 2.83. The SMILES string of the molecule is N#Cc1nc(-c2ccco2)ccc1-c1ccccc1. The van der Waals surface area contributed by atoms with Gasteiger partial charge in [0.15, 0.2) is 5.76 Å². The lowest BCUT2D eigenvalue weighted by atomic mass is 10.0. The van der Waals surface area contributed by atoms with Crippen LogP contribution in [0.1, 0.15) is 5.69 Å². The number of hydrogen-bond donors (Lipinski definition) is 0. The van der Waals surface area contributed by atoms with Gasteiger partial charge in [-0.05, 0) is 29.8 Å². The van der Waals surface area contributed by atoms with Gasteiger partial charge in [-0.3, -0.25) is 0 Å². The molecule has 0 saturated carbocycles. The fraction of sp³-hybridized carbons (Fsp3) is 0. The molecule has 2 aromatic heterocycles. The van der Waals surface area contributed by atoms with E-state index in [1.165, 1.54) is 0 Å². The van der Waals surface area contributed by atoms with Crippen molar-refractivity contribution in [3.05, 3.63) is 66.6 Å². The Hall–Kier alpha value is -2.86. The summed E-state index contributed by atoms with van der Waals surface area (Å²) in [5.74, 6) is 0.663. The molecule has 90 valence electrons. The average Bonchev–Trinajstić information content (AvgIpc) is 3.02. The molecule has 3 rings (SSSR count). The fourth-order valence-corrected chi connectivity index (χ4v) is 1.96. The smallest absolute Gasteiger partial charge is 0.152 e. The number of pyridine rings is 1. The molecular weight excluding hydrogens is 236 g/mol. The van der Waals surface area contributed by atoms with Crippen LogP contribution < -0.4 is 0 Å². The lowest BCUT2D eigenvalue weighted by Crippen LogP contribution is -1.91. The van der Waals surface area contributed by atoms with E-state index in [2.05, 4.69) is 11.1 Å². The van der Waals surface area contributed by atoms with Crippen molar-refractivity contribution in [1.82, 2.24) is 4.98 Å². The van der Waals surface area contributed by atoms with Crippen LogP contribution in [0.3, 0.4) is 0 Å². The van der Waals surface area contributed by atoms with E-state index < -0.39 is 0 Å². The molecule has 0 bridgehead atoms. The number of hydrogen-bond acceptors (Lipinski definition) is 3. The van der Waals surface area contributed by atoms with Crippen LogP contribution in [0.25, 0.3) is 22.6 Å². The van der Waals surface area contributed by atoms with E-state index >= 15 is 0 Å². The monoisotopic (exact) mass is 246 g/mol. The Morgan fingerprint density at radius 1 is 0.947 bits per heavy atom.